The maximum absolute atomic E-state index is 11.5. The Morgan fingerprint density at radius 1 is 1.31 bits per heavy atom. The fourth-order valence-corrected chi connectivity index (χ4v) is 1.47. The third-order valence-corrected chi connectivity index (χ3v) is 2.37. The van der Waals surface area contributed by atoms with Crippen molar-refractivity contribution in [3.63, 3.8) is 0 Å². The minimum Gasteiger partial charge on any atom is -0.454 e. The van der Waals surface area contributed by atoms with Crippen molar-refractivity contribution in [2.75, 3.05) is 6.61 Å². The molecule has 1 aromatic rings. The van der Waals surface area contributed by atoms with E-state index in [1.807, 2.05) is 13.0 Å². The summed E-state index contributed by atoms with van der Waals surface area (Å²) in [5, 5.41) is 0. The van der Waals surface area contributed by atoms with Gasteiger partial charge in [-0.3, -0.25) is 4.79 Å². The second-order valence-corrected chi connectivity index (χ2v) is 3.77. The highest BCUT2D eigenvalue weighted by Crippen LogP contribution is 2.12. The molecule has 0 aromatic heterocycles. The van der Waals surface area contributed by atoms with Crippen LogP contribution in [0.5, 0.6) is 0 Å². The molecule has 16 heavy (non-hydrogen) atoms. The molecule has 0 unspecified atom stereocenters. The van der Waals surface area contributed by atoms with E-state index in [1.165, 1.54) is 12.5 Å². The highest BCUT2D eigenvalue weighted by Gasteiger charge is 2.09. The summed E-state index contributed by atoms with van der Waals surface area (Å²) in [4.78, 5) is 22.2. The summed E-state index contributed by atoms with van der Waals surface area (Å²) < 4.78 is 4.83. The maximum Gasteiger partial charge on any atom is 0.338 e. The van der Waals surface area contributed by atoms with Crippen molar-refractivity contribution in [2.24, 2.45) is 0 Å². The van der Waals surface area contributed by atoms with Gasteiger partial charge in [0.15, 0.2) is 5.78 Å². The number of ketones is 1. The summed E-state index contributed by atoms with van der Waals surface area (Å²) in [6, 6.07) is 5.44. The molecule has 0 fully saturated rings. The average Bonchev–Trinajstić information content (AvgIpc) is 2.25. The van der Waals surface area contributed by atoms with Crippen molar-refractivity contribution in [1.82, 2.24) is 0 Å². The average molecular weight is 220 g/mol. The zero-order chi connectivity index (χ0) is 12.1. The molecule has 3 heteroatoms. The summed E-state index contributed by atoms with van der Waals surface area (Å²) >= 11 is 0. The van der Waals surface area contributed by atoms with Crippen molar-refractivity contribution in [3.8, 4) is 0 Å². The van der Waals surface area contributed by atoms with Crippen LogP contribution >= 0.6 is 0 Å². The normalized spacial score (nSPS) is 9.94. The largest absolute Gasteiger partial charge is 0.454 e. The van der Waals surface area contributed by atoms with Crippen molar-refractivity contribution in [1.29, 1.82) is 0 Å². The number of carbonyl (C=O) groups is 2. The van der Waals surface area contributed by atoms with Gasteiger partial charge in [0, 0.05) is 0 Å². The molecule has 0 amide bonds. The van der Waals surface area contributed by atoms with E-state index >= 15 is 0 Å². The Balaban J connectivity index is 2.77. The second kappa shape index (κ2) is 5.45. The summed E-state index contributed by atoms with van der Waals surface area (Å²) in [5.74, 6) is -0.601. The van der Waals surface area contributed by atoms with E-state index in [2.05, 4.69) is 6.92 Å². The SMILES string of the molecule is CCc1ccc(C(=O)OCC(C)=O)cc1C. The standard InChI is InChI=1S/C13H16O3/c1-4-11-5-6-12(7-9(11)2)13(15)16-8-10(3)14/h5-7H,4,8H2,1-3H3. The van der Waals surface area contributed by atoms with Crippen molar-refractivity contribution in [2.45, 2.75) is 27.2 Å². The van der Waals surface area contributed by atoms with Crippen LogP contribution in [0, 0.1) is 6.92 Å². The molecule has 0 saturated heterocycles. The molecule has 0 saturated carbocycles. The number of Topliss-reactive ketones (excluding diaryl/α,β-unsaturated/α-hetero) is 1. The number of aryl methyl sites for hydroxylation is 2. The molecule has 0 spiro atoms. The van der Waals surface area contributed by atoms with Gasteiger partial charge in [0.1, 0.15) is 6.61 Å². The van der Waals surface area contributed by atoms with Gasteiger partial charge in [-0.15, -0.1) is 0 Å². The lowest BCUT2D eigenvalue weighted by Crippen LogP contribution is -2.11. The van der Waals surface area contributed by atoms with Crippen LogP contribution in [0.25, 0.3) is 0 Å². The van der Waals surface area contributed by atoms with Gasteiger partial charge in [-0.1, -0.05) is 13.0 Å². The van der Waals surface area contributed by atoms with E-state index in [-0.39, 0.29) is 12.4 Å². The first-order valence-electron chi connectivity index (χ1n) is 5.30. The predicted molar refractivity (Wildman–Crippen MR) is 61.5 cm³/mol. The number of hydrogen-bond donors (Lipinski definition) is 0. The van der Waals surface area contributed by atoms with Crippen LogP contribution in [0.1, 0.15) is 35.3 Å². The van der Waals surface area contributed by atoms with Crippen LogP contribution in [0.15, 0.2) is 18.2 Å². The minimum atomic E-state index is -0.444. The van der Waals surface area contributed by atoms with Gasteiger partial charge in [0.25, 0.3) is 0 Å². The van der Waals surface area contributed by atoms with Crippen LogP contribution in [0.3, 0.4) is 0 Å². The molecule has 0 radical (unpaired) electrons. The van der Waals surface area contributed by atoms with E-state index in [9.17, 15) is 9.59 Å². The Morgan fingerprint density at radius 3 is 2.50 bits per heavy atom. The molecule has 0 atom stereocenters. The van der Waals surface area contributed by atoms with Crippen LogP contribution in [0.4, 0.5) is 0 Å². The molecule has 0 bridgehead atoms. The quantitative estimate of drug-likeness (QED) is 0.731. The maximum atomic E-state index is 11.5. The topological polar surface area (TPSA) is 43.4 Å². The molecule has 0 aliphatic carbocycles. The highest BCUT2D eigenvalue weighted by atomic mass is 16.5. The summed E-state index contributed by atoms with van der Waals surface area (Å²) in [6.07, 6.45) is 0.939. The number of esters is 1. The third-order valence-electron chi connectivity index (χ3n) is 2.37. The van der Waals surface area contributed by atoms with Crippen molar-refractivity contribution < 1.29 is 14.3 Å². The Morgan fingerprint density at radius 2 is 2.00 bits per heavy atom. The van der Waals surface area contributed by atoms with E-state index in [0.717, 1.165) is 12.0 Å². The van der Waals surface area contributed by atoms with Crippen LogP contribution < -0.4 is 0 Å². The first-order chi connectivity index (χ1) is 7.54. The number of ether oxygens (including phenoxy) is 1. The van der Waals surface area contributed by atoms with Crippen LogP contribution in [-0.2, 0) is 16.0 Å². The summed E-state index contributed by atoms with van der Waals surface area (Å²) in [7, 11) is 0. The van der Waals surface area contributed by atoms with Gasteiger partial charge in [0.2, 0.25) is 0 Å². The van der Waals surface area contributed by atoms with Crippen molar-refractivity contribution in [3.05, 3.63) is 34.9 Å². The van der Waals surface area contributed by atoms with Gasteiger partial charge in [0.05, 0.1) is 5.56 Å². The molecule has 0 N–H and O–H groups in total. The van der Waals surface area contributed by atoms with E-state index in [4.69, 9.17) is 4.74 Å². The van der Waals surface area contributed by atoms with Gasteiger partial charge in [-0.2, -0.15) is 0 Å². The zero-order valence-electron chi connectivity index (χ0n) is 9.87. The van der Waals surface area contributed by atoms with E-state index in [0.29, 0.717) is 5.56 Å². The zero-order valence-corrected chi connectivity index (χ0v) is 9.87. The lowest BCUT2D eigenvalue weighted by molar-refractivity contribution is -0.120. The molecule has 0 heterocycles. The third kappa shape index (κ3) is 3.19. The number of hydrogen-bond acceptors (Lipinski definition) is 3. The van der Waals surface area contributed by atoms with Gasteiger partial charge >= 0.3 is 5.97 Å². The Hall–Kier alpha value is -1.64. The lowest BCUT2D eigenvalue weighted by Gasteiger charge is -2.06. The Labute approximate surface area is 95.4 Å². The first kappa shape index (κ1) is 12.4. The van der Waals surface area contributed by atoms with E-state index < -0.39 is 5.97 Å². The number of rotatable bonds is 4. The fourth-order valence-electron chi connectivity index (χ4n) is 1.47. The lowest BCUT2D eigenvalue weighted by atomic mass is 10.0. The minimum absolute atomic E-state index is 0.157. The summed E-state index contributed by atoms with van der Waals surface area (Å²) in [6.45, 7) is 5.25. The highest BCUT2D eigenvalue weighted by molar-refractivity contribution is 5.91. The molecule has 1 aromatic carbocycles. The number of carbonyl (C=O) groups excluding carboxylic acids is 2. The molecule has 0 aliphatic heterocycles. The second-order valence-electron chi connectivity index (χ2n) is 3.77. The monoisotopic (exact) mass is 220 g/mol. The molecule has 86 valence electrons. The van der Waals surface area contributed by atoms with Gasteiger partial charge in [-0.25, -0.2) is 4.79 Å². The number of benzene rings is 1. The molecule has 3 nitrogen and oxygen atoms in total. The van der Waals surface area contributed by atoms with Crippen LogP contribution in [0.2, 0.25) is 0 Å². The van der Waals surface area contributed by atoms with E-state index in [1.54, 1.807) is 12.1 Å². The molecular formula is C13H16O3. The van der Waals surface area contributed by atoms with Gasteiger partial charge in [-0.05, 0) is 43.5 Å². The molecule has 0 aliphatic rings. The molecule has 1 rings (SSSR count). The van der Waals surface area contributed by atoms with Crippen molar-refractivity contribution >= 4 is 11.8 Å². The first-order valence-corrected chi connectivity index (χ1v) is 5.30. The summed E-state index contributed by atoms with van der Waals surface area (Å²) in [5.41, 5.74) is 2.78. The van der Waals surface area contributed by atoms with Crippen LogP contribution in [-0.4, -0.2) is 18.4 Å². The Bertz CT molecular complexity index is 408. The predicted octanol–water partition coefficient (Wildman–Crippen LogP) is 2.30. The molecular weight excluding hydrogens is 204 g/mol. The van der Waals surface area contributed by atoms with Gasteiger partial charge < -0.3 is 4.74 Å². The fraction of sp³-hybridized carbons (Fsp3) is 0.385. The smallest absolute Gasteiger partial charge is 0.338 e. The Kier molecular flexibility index (Phi) is 4.23.